The van der Waals surface area contributed by atoms with Crippen LogP contribution in [0.2, 0.25) is 0 Å². The number of halogens is 2. The van der Waals surface area contributed by atoms with E-state index in [0.29, 0.717) is 30.2 Å². The first-order valence-corrected chi connectivity index (χ1v) is 7.69. The lowest BCUT2D eigenvalue weighted by Crippen LogP contribution is -2.24. The van der Waals surface area contributed by atoms with Gasteiger partial charge in [-0.1, -0.05) is 11.8 Å². The van der Waals surface area contributed by atoms with Gasteiger partial charge in [0, 0.05) is 18.4 Å². The summed E-state index contributed by atoms with van der Waals surface area (Å²) in [5.41, 5.74) is 0.581. The van der Waals surface area contributed by atoms with Crippen LogP contribution in [0.3, 0.4) is 0 Å². The summed E-state index contributed by atoms with van der Waals surface area (Å²) in [5.74, 6) is 6.51. The van der Waals surface area contributed by atoms with Crippen LogP contribution in [-0.4, -0.2) is 24.2 Å². The minimum absolute atomic E-state index is 0.0481. The first-order chi connectivity index (χ1) is 10.00. The van der Waals surface area contributed by atoms with Gasteiger partial charge >= 0.3 is 0 Å². The summed E-state index contributed by atoms with van der Waals surface area (Å²) in [6, 6.07) is 4.38. The van der Waals surface area contributed by atoms with Crippen molar-refractivity contribution in [2.24, 2.45) is 0 Å². The summed E-state index contributed by atoms with van der Waals surface area (Å²) in [4.78, 5) is 0. The number of benzene rings is 1. The summed E-state index contributed by atoms with van der Waals surface area (Å²) in [7, 11) is 0. The third kappa shape index (κ3) is 4.91. The van der Waals surface area contributed by atoms with Gasteiger partial charge in [0.05, 0.1) is 17.3 Å². The first-order valence-electron chi connectivity index (χ1n) is 7.15. The molecule has 1 heterocycles. The minimum atomic E-state index is -0.333. The molecule has 0 bridgehead atoms. The molecule has 1 aromatic rings. The molecule has 1 fully saturated rings. The highest BCUT2D eigenvalue weighted by atomic mass is 35.5. The van der Waals surface area contributed by atoms with Crippen LogP contribution < -0.4 is 4.74 Å². The van der Waals surface area contributed by atoms with Crippen LogP contribution in [0.4, 0.5) is 4.39 Å². The lowest BCUT2D eigenvalue weighted by molar-refractivity contribution is -0.0327. The van der Waals surface area contributed by atoms with Gasteiger partial charge in [0.1, 0.15) is 18.2 Å². The Balaban J connectivity index is 2.02. The average Bonchev–Trinajstić information content (AvgIpc) is 2.78. The second-order valence-corrected chi connectivity index (χ2v) is 6.11. The lowest BCUT2D eigenvalue weighted by atomic mass is 10.1. The van der Waals surface area contributed by atoms with E-state index in [2.05, 4.69) is 25.7 Å². The molecule has 4 heteroatoms. The van der Waals surface area contributed by atoms with Gasteiger partial charge in [-0.15, -0.1) is 11.6 Å². The number of hydrogen-bond donors (Lipinski definition) is 0. The van der Waals surface area contributed by atoms with E-state index in [-0.39, 0.29) is 17.5 Å². The van der Waals surface area contributed by atoms with Gasteiger partial charge in [-0.05, 0) is 38.8 Å². The molecule has 21 heavy (non-hydrogen) atoms. The zero-order valence-corrected chi connectivity index (χ0v) is 13.2. The molecule has 114 valence electrons. The van der Waals surface area contributed by atoms with Crippen molar-refractivity contribution in [3.05, 3.63) is 29.6 Å². The van der Waals surface area contributed by atoms with Gasteiger partial charge in [0.15, 0.2) is 0 Å². The van der Waals surface area contributed by atoms with Crippen molar-refractivity contribution in [1.82, 2.24) is 0 Å². The molecule has 2 nitrogen and oxygen atoms in total. The number of hydrogen-bond acceptors (Lipinski definition) is 2. The predicted molar refractivity (Wildman–Crippen MR) is 82.3 cm³/mol. The third-order valence-corrected chi connectivity index (χ3v) is 3.55. The van der Waals surface area contributed by atoms with Crippen LogP contribution in [0.25, 0.3) is 0 Å². The van der Waals surface area contributed by atoms with E-state index in [9.17, 15) is 4.39 Å². The fourth-order valence-corrected chi connectivity index (χ4v) is 2.40. The van der Waals surface area contributed by atoms with Gasteiger partial charge in [-0.25, -0.2) is 4.39 Å². The molecule has 0 radical (unpaired) electrons. The molecule has 1 unspecified atom stereocenters. The summed E-state index contributed by atoms with van der Waals surface area (Å²) in [5, 5.41) is 0. The zero-order chi connectivity index (χ0) is 15.3. The van der Waals surface area contributed by atoms with Gasteiger partial charge in [-0.2, -0.15) is 0 Å². The van der Waals surface area contributed by atoms with Crippen LogP contribution in [-0.2, 0) is 4.74 Å². The van der Waals surface area contributed by atoms with Crippen molar-refractivity contribution in [2.45, 2.75) is 44.8 Å². The smallest absolute Gasteiger partial charge is 0.137 e. The molecular weight excluding hydrogens is 291 g/mol. The normalized spacial score (nSPS) is 19.9. The largest absolute Gasteiger partial charge is 0.489 e. The summed E-state index contributed by atoms with van der Waals surface area (Å²) >= 11 is 5.60. The number of rotatable bonds is 4. The Morgan fingerprint density at radius 2 is 2.29 bits per heavy atom. The zero-order valence-electron chi connectivity index (χ0n) is 12.4. The second-order valence-electron chi connectivity index (χ2n) is 5.73. The molecule has 1 aliphatic rings. The molecule has 0 N–H and O–H groups in total. The fourth-order valence-electron chi connectivity index (χ4n) is 2.30. The molecular formula is C17H20ClFO2. The Kier molecular flexibility index (Phi) is 5.50. The molecule has 1 aromatic carbocycles. The summed E-state index contributed by atoms with van der Waals surface area (Å²) in [6.45, 7) is 4.55. The second kappa shape index (κ2) is 7.15. The Morgan fingerprint density at radius 1 is 1.48 bits per heavy atom. The Labute approximate surface area is 130 Å². The van der Waals surface area contributed by atoms with Gasteiger partial charge in [0.2, 0.25) is 0 Å². The maximum atomic E-state index is 13.4. The van der Waals surface area contributed by atoms with Gasteiger partial charge in [-0.3, -0.25) is 0 Å². The molecule has 1 saturated heterocycles. The molecule has 0 aliphatic carbocycles. The van der Waals surface area contributed by atoms with Crippen molar-refractivity contribution in [2.75, 3.05) is 12.5 Å². The molecule has 1 atom stereocenters. The van der Waals surface area contributed by atoms with E-state index in [0.717, 1.165) is 12.8 Å². The van der Waals surface area contributed by atoms with Gasteiger partial charge in [0.25, 0.3) is 0 Å². The quantitative estimate of drug-likeness (QED) is 0.614. The third-order valence-electron chi connectivity index (χ3n) is 3.37. The van der Waals surface area contributed by atoms with Crippen molar-refractivity contribution in [3.63, 3.8) is 0 Å². The van der Waals surface area contributed by atoms with Crippen molar-refractivity contribution < 1.29 is 13.9 Å². The van der Waals surface area contributed by atoms with Crippen LogP contribution in [0.15, 0.2) is 18.2 Å². The predicted octanol–water partition coefficient (Wildman–Crippen LogP) is 4.14. The minimum Gasteiger partial charge on any atom is -0.489 e. The maximum absolute atomic E-state index is 13.4. The van der Waals surface area contributed by atoms with Crippen molar-refractivity contribution in [3.8, 4) is 17.6 Å². The molecule has 2 rings (SSSR count). The fraction of sp³-hybridized carbons (Fsp3) is 0.529. The summed E-state index contributed by atoms with van der Waals surface area (Å²) in [6.07, 6.45) is 2.60. The lowest BCUT2D eigenvalue weighted by Gasteiger charge is -2.19. The highest BCUT2D eigenvalue weighted by Crippen LogP contribution is 2.30. The van der Waals surface area contributed by atoms with E-state index in [1.807, 2.05) is 0 Å². The standard InChI is InChI=1S/C17H20ClFO2/c1-17(2)9-8-15(21-17)12-20-16-11-14(19)7-6-13(16)5-3-4-10-18/h6-7,11,15H,4,8-10,12H2,1-2H3. The Bertz CT molecular complexity index is 545. The van der Waals surface area contributed by atoms with E-state index in [1.54, 1.807) is 6.07 Å². The molecule has 0 aromatic heterocycles. The Morgan fingerprint density at radius 3 is 2.95 bits per heavy atom. The van der Waals surface area contributed by atoms with E-state index in [4.69, 9.17) is 21.1 Å². The maximum Gasteiger partial charge on any atom is 0.137 e. The number of ether oxygens (including phenoxy) is 2. The first kappa shape index (κ1) is 16.1. The van der Waals surface area contributed by atoms with Crippen LogP contribution >= 0.6 is 11.6 Å². The van der Waals surface area contributed by atoms with E-state index in [1.165, 1.54) is 12.1 Å². The molecule has 1 aliphatic heterocycles. The van der Waals surface area contributed by atoms with Crippen molar-refractivity contribution >= 4 is 11.6 Å². The van der Waals surface area contributed by atoms with Crippen LogP contribution in [0.5, 0.6) is 5.75 Å². The van der Waals surface area contributed by atoms with Crippen molar-refractivity contribution in [1.29, 1.82) is 0 Å². The molecule has 0 spiro atoms. The topological polar surface area (TPSA) is 18.5 Å². The van der Waals surface area contributed by atoms with Crippen LogP contribution in [0, 0.1) is 17.7 Å². The monoisotopic (exact) mass is 310 g/mol. The van der Waals surface area contributed by atoms with E-state index < -0.39 is 0 Å². The summed E-state index contributed by atoms with van der Waals surface area (Å²) < 4.78 is 25.0. The Hall–Kier alpha value is -1.24. The molecule has 0 saturated carbocycles. The highest BCUT2D eigenvalue weighted by Gasteiger charge is 2.32. The van der Waals surface area contributed by atoms with Crippen LogP contribution in [0.1, 0.15) is 38.7 Å². The van der Waals surface area contributed by atoms with E-state index >= 15 is 0 Å². The number of alkyl halides is 1. The molecule has 0 amide bonds. The highest BCUT2D eigenvalue weighted by molar-refractivity contribution is 6.18. The van der Waals surface area contributed by atoms with Gasteiger partial charge < -0.3 is 9.47 Å². The SMILES string of the molecule is CC1(C)CCC(COc2cc(F)ccc2C#CCCCl)O1. The average molecular weight is 311 g/mol.